The fraction of sp³-hybridized carbons (Fsp3) is 0. The predicted octanol–water partition coefficient (Wildman–Crippen LogP) is 15.6. The molecule has 0 aliphatic carbocycles. The number of benzene rings is 9. The molecule has 2 heterocycles. The number of hydrogen-bond donors (Lipinski definition) is 0. The van der Waals surface area contributed by atoms with Crippen LogP contribution in [0.2, 0.25) is 0 Å². The average molecular weight is 720 g/mol. The second-order valence-electron chi connectivity index (χ2n) is 14.0. The highest BCUT2D eigenvalue weighted by molar-refractivity contribution is 7.26. The van der Waals surface area contributed by atoms with Crippen LogP contribution in [0.3, 0.4) is 0 Å². The van der Waals surface area contributed by atoms with Gasteiger partial charge in [-0.15, -0.1) is 11.3 Å². The molecule has 3 heteroatoms. The molecule has 258 valence electrons. The van der Waals surface area contributed by atoms with Gasteiger partial charge in [0.05, 0.1) is 11.1 Å². The Morgan fingerprint density at radius 2 is 0.964 bits per heavy atom. The zero-order chi connectivity index (χ0) is 36.3. The number of nitrogens with zero attached hydrogens (tertiary/aromatic N) is 1. The van der Waals surface area contributed by atoms with Gasteiger partial charge < -0.3 is 9.32 Å². The molecule has 0 atom stereocenters. The van der Waals surface area contributed by atoms with Gasteiger partial charge in [0.1, 0.15) is 11.2 Å². The summed E-state index contributed by atoms with van der Waals surface area (Å²) in [6.07, 6.45) is 0. The summed E-state index contributed by atoms with van der Waals surface area (Å²) in [6.45, 7) is 0. The van der Waals surface area contributed by atoms with Gasteiger partial charge >= 0.3 is 0 Å². The highest BCUT2D eigenvalue weighted by Gasteiger charge is 2.22. The molecule has 0 N–H and O–H groups in total. The first-order chi connectivity index (χ1) is 27.3. The number of furan rings is 1. The summed E-state index contributed by atoms with van der Waals surface area (Å²) < 4.78 is 9.47. The lowest BCUT2D eigenvalue weighted by molar-refractivity contribution is 0.672. The first-order valence-electron chi connectivity index (χ1n) is 18.7. The molecule has 11 rings (SSSR count). The van der Waals surface area contributed by atoms with Gasteiger partial charge in [0.25, 0.3) is 0 Å². The largest absolute Gasteiger partial charge is 0.455 e. The standard InChI is InChI=1S/C52H33NOS/c1-3-13-34(14-4-1)35-29-31-39(32-30-35)53(38-15-5-2-6-16-38)47-22-12-23-48-50(47)46-33-45(41-17-7-8-19-43(41)51(46)54-48)37-27-25-36(26-28-37)40-20-11-21-44-42-18-9-10-24-49(42)55-52(40)44/h1-33H. The predicted molar refractivity (Wildman–Crippen MR) is 235 cm³/mol. The van der Waals surface area contributed by atoms with Crippen molar-refractivity contribution in [2.75, 3.05) is 4.90 Å². The third-order valence-corrected chi connectivity index (χ3v) is 12.1. The highest BCUT2D eigenvalue weighted by Crippen LogP contribution is 2.47. The van der Waals surface area contributed by atoms with Gasteiger partial charge in [-0.25, -0.2) is 0 Å². The van der Waals surface area contributed by atoms with Crippen molar-refractivity contribution in [2.45, 2.75) is 0 Å². The maximum absolute atomic E-state index is 6.81. The minimum atomic E-state index is 0.864. The Hall–Kier alpha value is -6.94. The SMILES string of the molecule is c1ccc(-c2ccc(N(c3ccccc3)c3cccc4oc5c6ccccc6c(-c6ccc(-c7cccc8c7sc7ccccc78)cc6)cc5c34)cc2)cc1. The molecule has 0 unspecified atom stereocenters. The molecule has 0 saturated heterocycles. The lowest BCUT2D eigenvalue weighted by atomic mass is 9.93. The van der Waals surface area contributed by atoms with Crippen LogP contribution in [0, 0.1) is 0 Å². The summed E-state index contributed by atoms with van der Waals surface area (Å²) in [5.74, 6) is 0. The molecule has 55 heavy (non-hydrogen) atoms. The van der Waals surface area contributed by atoms with Crippen LogP contribution < -0.4 is 4.90 Å². The van der Waals surface area contributed by atoms with Gasteiger partial charge in [0, 0.05) is 42.3 Å². The van der Waals surface area contributed by atoms with E-state index in [4.69, 9.17) is 4.42 Å². The molecule has 2 aromatic heterocycles. The van der Waals surface area contributed by atoms with E-state index in [9.17, 15) is 0 Å². The zero-order valence-electron chi connectivity index (χ0n) is 29.8. The van der Waals surface area contributed by atoms with E-state index in [2.05, 4.69) is 205 Å². The Balaban J connectivity index is 1.08. The topological polar surface area (TPSA) is 16.4 Å². The van der Waals surface area contributed by atoms with Crippen LogP contribution in [-0.2, 0) is 0 Å². The molecule has 2 nitrogen and oxygen atoms in total. The highest BCUT2D eigenvalue weighted by atomic mass is 32.1. The van der Waals surface area contributed by atoms with E-state index in [0.29, 0.717) is 0 Å². The summed E-state index contributed by atoms with van der Waals surface area (Å²) in [5, 5.41) is 7.11. The molecule has 0 aliphatic rings. The Bertz CT molecular complexity index is 3180. The smallest absolute Gasteiger partial charge is 0.143 e. The maximum Gasteiger partial charge on any atom is 0.143 e. The van der Waals surface area contributed by atoms with Gasteiger partial charge in [-0.3, -0.25) is 0 Å². The van der Waals surface area contributed by atoms with E-state index in [-0.39, 0.29) is 0 Å². The van der Waals surface area contributed by atoms with E-state index in [1.165, 1.54) is 58.9 Å². The number of rotatable bonds is 6. The summed E-state index contributed by atoms with van der Waals surface area (Å²) in [7, 11) is 0. The molecule has 0 bridgehead atoms. The maximum atomic E-state index is 6.81. The molecule has 0 spiro atoms. The first-order valence-corrected chi connectivity index (χ1v) is 19.5. The van der Waals surface area contributed by atoms with Crippen LogP contribution in [0.25, 0.3) is 86.3 Å². The number of para-hydroxylation sites is 1. The molecule has 0 aliphatic heterocycles. The minimum absolute atomic E-state index is 0.864. The second kappa shape index (κ2) is 12.9. The molecule has 11 aromatic rings. The molecular weight excluding hydrogens is 687 g/mol. The van der Waals surface area contributed by atoms with Gasteiger partial charge in [0.2, 0.25) is 0 Å². The summed E-state index contributed by atoms with van der Waals surface area (Å²) >= 11 is 1.87. The van der Waals surface area contributed by atoms with Crippen LogP contribution >= 0.6 is 11.3 Å². The zero-order valence-corrected chi connectivity index (χ0v) is 30.6. The molecule has 0 saturated carbocycles. The van der Waals surface area contributed by atoms with Crippen molar-refractivity contribution in [2.24, 2.45) is 0 Å². The Kier molecular flexibility index (Phi) is 7.39. The van der Waals surface area contributed by atoms with Crippen molar-refractivity contribution in [1.29, 1.82) is 0 Å². The van der Waals surface area contributed by atoms with Gasteiger partial charge in [-0.1, -0.05) is 152 Å². The molecule has 0 fully saturated rings. The third kappa shape index (κ3) is 5.24. The quantitative estimate of drug-likeness (QED) is 0.170. The van der Waals surface area contributed by atoms with Crippen LogP contribution in [0.15, 0.2) is 205 Å². The number of thiophene rings is 1. The van der Waals surface area contributed by atoms with E-state index in [1.807, 2.05) is 11.3 Å². The van der Waals surface area contributed by atoms with Crippen molar-refractivity contribution in [1.82, 2.24) is 0 Å². The fourth-order valence-corrected chi connectivity index (χ4v) is 9.53. The lowest BCUT2D eigenvalue weighted by Crippen LogP contribution is -2.10. The normalized spacial score (nSPS) is 11.6. The monoisotopic (exact) mass is 719 g/mol. The van der Waals surface area contributed by atoms with E-state index in [1.54, 1.807) is 0 Å². The second-order valence-corrected chi connectivity index (χ2v) is 15.1. The Morgan fingerprint density at radius 1 is 0.382 bits per heavy atom. The fourth-order valence-electron chi connectivity index (χ4n) is 8.30. The van der Waals surface area contributed by atoms with E-state index >= 15 is 0 Å². The Labute approximate surface area is 322 Å². The average Bonchev–Trinajstić information content (AvgIpc) is 3.84. The van der Waals surface area contributed by atoms with Crippen LogP contribution in [0.5, 0.6) is 0 Å². The van der Waals surface area contributed by atoms with Gasteiger partial charge in [-0.2, -0.15) is 0 Å². The molecule has 0 radical (unpaired) electrons. The van der Waals surface area contributed by atoms with Crippen molar-refractivity contribution < 1.29 is 4.42 Å². The minimum Gasteiger partial charge on any atom is -0.455 e. The van der Waals surface area contributed by atoms with Crippen molar-refractivity contribution in [3.8, 4) is 33.4 Å². The molecule has 0 amide bonds. The summed E-state index contributed by atoms with van der Waals surface area (Å²) in [5.41, 5.74) is 12.3. The van der Waals surface area contributed by atoms with Crippen LogP contribution in [-0.4, -0.2) is 0 Å². The third-order valence-electron chi connectivity index (χ3n) is 10.9. The van der Waals surface area contributed by atoms with Gasteiger partial charge in [-0.05, 0) is 87.3 Å². The molecular formula is C52H33NOS. The summed E-state index contributed by atoms with van der Waals surface area (Å²) in [6, 6.07) is 71.9. The summed E-state index contributed by atoms with van der Waals surface area (Å²) in [4.78, 5) is 2.35. The van der Waals surface area contributed by atoms with E-state index in [0.717, 1.165) is 44.4 Å². The van der Waals surface area contributed by atoms with Crippen molar-refractivity contribution >= 4 is 81.3 Å². The number of anilines is 3. The van der Waals surface area contributed by atoms with Crippen LogP contribution in [0.4, 0.5) is 17.1 Å². The lowest BCUT2D eigenvalue weighted by Gasteiger charge is -2.26. The number of fused-ring (bicyclic) bond motifs is 8. The number of hydrogen-bond acceptors (Lipinski definition) is 3. The van der Waals surface area contributed by atoms with Crippen molar-refractivity contribution in [3.05, 3.63) is 200 Å². The molecule has 9 aromatic carbocycles. The van der Waals surface area contributed by atoms with E-state index < -0.39 is 0 Å². The van der Waals surface area contributed by atoms with Crippen molar-refractivity contribution in [3.63, 3.8) is 0 Å². The Morgan fingerprint density at radius 3 is 1.75 bits per heavy atom. The first kappa shape index (κ1) is 31.6. The van der Waals surface area contributed by atoms with Gasteiger partial charge in [0.15, 0.2) is 0 Å². The van der Waals surface area contributed by atoms with Crippen LogP contribution in [0.1, 0.15) is 0 Å².